The first-order chi connectivity index (χ1) is 13.6. The van der Waals surface area contributed by atoms with E-state index >= 15 is 0 Å². The maximum atomic E-state index is 12.8. The number of hydrogen-bond donors (Lipinski definition) is 2. The van der Waals surface area contributed by atoms with Crippen LogP contribution < -0.4 is 5.32 Å². The number of aromatic nitrogens is 1. The first kappa shape index (κ1) is 18.7. The van der Waals surface area contributed by atoms with Gasteiger partial charge in [0.15, 0.2) is 0 Å². The van der Waals surface area contributed by atoms with Gasteiger partial charge < -0.3 is 15.0 Å². The maximum absolute atomic E-state index is 12.8. The van der Waals surface area contributed by atoms with Crippen molar-refractivity contribution in [3.8, 4) is 0 Å². The fourth-order valence-corrected chi connectivity index (χ4v) is 4.03. The van der Waals surface area contributed by atoms with Crippen molar-refractivity contribution in [3.63, 3.8) is 0 Å². The molecule has 0 aliphatic carbocycles. The molecule has 1 aromatic heterocycles. The van der Waals surface area contributed by atoms with Crippen molar-refractivity contribution in [2.75, 3.05) is 32.8 Å². The van der Waals surface area contributed by atoms with Crippen molar-refractivity contribution >= 4 is 16.8 Å². The van der Waals surface area contributed by atoms with Gasteiger partial charge in [0.25, 0.3) is 5.91 Å². The van der Waals surface area contributed by atoms with E-state index in [2.05, 4.69) is 53.3 Å². The minimum atomic E-state index is -0.0672. The summed E-state index contributed by atoms with van der Waals surface area (Å²) in [6, 6.07) is 16.7. The Balaban J connectivity index is 1.52. The Morgan fingerprint density at radius 1 is 1.14 bits per heavy atom. The minimum absolute atomic E-state index is 0.0672. The molecule has 1 unspecified atom stereocenters. The Kier molecular flexibility index (Phi) is 5.46. The number of benzene rings is 2. The lowest BCUT2D eigenvalue weighted by atomic mass is 10.0. The second-order valence-electron chi connectivity index (χ2n) is 7.51. The second kappa shape index (κ2) is 8.17. The predicted molar refractivity (Wildman–Crippen MR) is 112 cm³/mol. The summed E-state index contributed by atoms with van der Waals surface area (Å²) in [5, 5.41) is 4.24. The van der Waals surface area contributed by atoms with Crippen molar-refractivity contribution in [1.29, 1.82) is 0 Å². The summed E-state index contributed by atoms with van der Waals surface area (Å²) in [6.07, 6.45) is 0. The van der Waals surface area contributed by atoms with Crippen molar-refractivity contribution < 1.29 is 9.53 Å². The zero-order valence-electron chi connectivity index (χ0n) is 16.5. The van der Waals surface area contributed by atoms with Gasteiger partial charge in [-0.3, -0.25) is 9.69 Å². The topological polar surface area (TPSA) is 57.4 Å². The summed E-state index contributed by atoms with van der Waals surface area (Å²) in [5.74, 6) is -0.0672. The third-order valence-electron chi connectivity index (χ3n) is 5.46. The van der Waals surface area contributed by atoms with E-state index in [4.69, 9.17) is 4.74 Å². The van der Waals surface area contributed by atoms with Gasteiger partial charge in [-0.25, -0.2) is 0 Å². The Hall–Kier alpha value is -2.63. The predicted octanol–water partition coefficient (Wildman–Crippen LogP) is 3.59. The lowest BCUT2D eigenvalue weighted by Gasteiger charge is -2.34. The molecule has 3 aromatic rings. The van der Waals surface area contributed by atoms with Crippen LogP contribution in [0.2, 0.25) is 0 Å². The number of morpholine rings is 1. The Morgan fingerprint density at radius 3 is 2.64 bits per heavy atom. The normalized spacial score (nSPS) is 16.2. The number of nitrogens with zero attached hydrogens (tertiary/aromatic N) is 1. The zero-order valence-corrected chi connectivity index (χ0v) is 16.5. The Bertz CT molecular complexity index is 959. The van der Waals surface area contributed by atoms with Crippen LogP contribution in [0.5, 0.6) is 0 Å². The van der Waals surface area contributed by atoms with Crippen LogP contribution in [-0.2, 0) is 4.74 Å². The van der Waals surface area contributed by atoms with E-state index in [1.165, 1.54) is 16.7 Å². The Labute approximate surface area is 165 Å². The largest absolute Gasteiger partial charge is 0.379 e. The number of carbonyl (C=O) groups excluding carboxylic acids is 1. The molecular weight excluding hydrogens is 350 g/mol. The molecule has 1 amide bonds. The summed E-state index contributed by atoms with van der Waals surface area (Å²) < 4.78 is 5.50. The van der Waals surface area contributed by atoms with Gasteiger partial charge in [-0.15, -0.1) is 0 Å². The first-order valence-electron chi connectivity index (χ1n) is 9.87. The van der Waals surface area contributed by atoms with Gasteiger partial charge >= 0.3 is 0 Å². The van der Waals surface area contributed by atoms with E-state index in [0.29, 0.717) is 12.2 Å². The third kappa shape index (κ3) is 3.96. The number of nitrogens with one attached hydrogen (secondary N) is 2. The number of amides is 1. The fourth-order valence-electron chi connectivity index (χ4n) is 4.03. The molecule has 5 heteroatoms. The van der Waals surface area contributed by atoms with Crippen molar-refractivity contribution in [3.05, 3.63) is 70.9 Å². The summed E-state index contributed by atoms with van der Waals surface area (Å²) in [7, 11) is 0. The molecular formula is C23H27N3O2. The summed E-state index contributed by atoms with van der Waals surface area (Å²) in [5.41, 5.74) is 5.21. The average molecular weight is 377 g/mol. The number of hydrogen-bond acceptors (Lipinski definition) is 3. The van der Waals surface area contributed by atoms with Crippen LogP contribution in [0.15, 0.2) is 48.5 Å². The molecule has 0 radical (unpaired) electrons. The number of fused-ring (bicyclic) bond motifs is 1. The molecule has 2 N–H and O–H groups in total. The van der Waals surface area contributed by atoms with E-state index in [-0.39, 0.29) is 11.9 Å². The summed E-state index contributed by atoms with van der Waals surface area (Å²) >= 11 is 0. The Morgan fingerprint density at radius 2 is 1.89 bits per heavy atom. The van der Waals surface area contributed by atoms with E-state index in [0.717, 1.165) is 37.2 Å². The summed E-state index contributed by atoms with van der Waals surface area (Å²) in [4.78, 5) is 18.5. The fraction of sp³-hybridized carbons (Fsp3) is 0.348. The monoisotopic (exact) mass is 377 g/mol. The highest BCUT2D eigenvalue weighted by Gasteiger charge is 2.23. The van der Waals surface area contributed by atoms with Crippen LogP contribution in [0.4, 0.5) is 0 Å². The molecule has 4 rings (SSSR count). The molecule has 1 aliphatic heterocycles. The molecule has 1 aliphatic rings. The van der Waals surface area contributed by atoms with Gasteiger partial charge in [0.2, 0.25) is 0 Å². The van der Waals surface area contributed by atoms with E-state index in [1.54, 1.807) is 0 Å². The number of H-pyrrole nitrogens is 1. The van der Waals surface area contributed by atoms with Gasteiger partial charge in [0.05, 0.1) is 19.3 Å². The SMILES string of the molecule is Cc1cc(C)c2cc(C(=O)NCC(c3ccccc3)N3CCOCC3)[nH]c2c1. The zero-order chi connectivity index (χ0) is 19.5. The van der Waals surface area contributed by atoms with Gasteiger partial charge in [0, 0.05) is 30.5 Å². The number of carbonyl (C=O) groups is 1. The molecule has 2 heterocycles. The van der Waals surface area contributed by atoms with Crippen LogP contribution in [0.3, 0.4) is 0 Å². The molecule has 0 spiro atoms. The van der Waals surface area contributed by atoms with E-state index < -0.39 is 0 Å². The lowest BCUT2D eigenvalue weighted by molar-refractivity contribution is 0.0162. The van der Waals surface area contributed by atoms with Gasteiger partial charge in [-0.05, 0) is 42.7 Å². The molecule has 0 saturated carbocycles. The summed E-state index contributed by atoms with van der Waals surface area (Å²) in [6.45, 7) is 7.93. The van der Waals surface area contributed by atoms with E-state index in [9.17, 15) is 4.79 Å². The van der Waals surface area contributed by atoms with E-state index in [1.807, 2.05) is 24.3 Å². The quantitative estimate of drug-likeness (QED) is 0.714. The number of aryl methyl sites for hydroxylation is 2. The molecule has 1 fully saturated rings. The smallest absolute Gasteiger partial charge is 0.267 e. The molecule has 1 atom stereocenters. The molecule has 5 nitrogen and oxygen atoms in total. The highest BCUT2D eigenvalue weighted by Crippen LogP contribution is 2.23. The van der Waals surface area contributed by atoms with Crippen molar-refractivity contribution in [2.24, 2.45) is 0 Å². The maximum Gasteiger partial charge on any atom is 0.267 e. The van der Waals surface area contributed by atoms with Crippen LogP contribution in [0, 0.1) is 13.8 Å². The first-order valence-corrected chi connectivity index (χ1v) is 9.87. The van der Waals surface area contributed by atoms with Gasteiger partial charge in [-0.1, -0.05) is 36.4 Å². The standard InChI is InChI=1S/C23H27N3O2/c1-16-12-17(2)19-14-21(25-20(19)13-16)23(27)24-15-22(18-6-4-3-5-7-18)26-8-10-28-11-9-26/h3-7,12-14,22,25H,8-11,15H2,1-2H3,(H,24,27). The molecule has 0 bridgehead atoms. The molecule has 28 heavy (non-hydrogen) atoms. The van der Waals surface area contributed by atoms with Crippen LogP contribution >= 0.6 is 0 Å². The third-order valence-corrected chi connectivity index (χ3v) is 5.46. The minimum Gasteiger partial charge on any atom is -0.379 e. The molecule has 146 valence electrons. The van der Waals surface area contributed by atoms with Crippen molar-refractivity contribution in [2.45, 2.75) is 19.9 Å². The average Bonchev–Trinajstić information content (AvgIpc) is 3.14. The molecule has 2 aromatic carbocycles. The highest BCUT2D eigenvalue weighted by atomic mass is 16.5. The number of ether oxygens (including phenoxy) is 1. The highest BCUT2D eigenvalue weighted by molar-refractivity contribution is 5.99. The van der Waals surface area contributed by atoms with Gasteiger partial charge in [-0.2, -0.15) is 0 Å². The lowest BCUT2D eigenvalue weighted by Crippen LogP contribution is -2.43. The van der Waals surface area contributed by atoms with Crippen molar-refractivity contribution in [1.82, 2.24) is 15.2 Å². The number of aromatic amines is 1. The molecule has 1 saturated heterocycles. The van der Waals surface area contributed by atoms with Crippen LogP contribution in [0.1, 0.15) is 33.2 Å². The second-order valence-corrected chi connectivity index (χ2v) is 7.51. The van der Waals surface area contributed by atoms with Crippen LogP contribution in [0.25, 0.3) is 10.9 Å². The van der Waals surface area contributed by atoms with Gasteiger partial charge in [0.1, 0.15) is 5.69 Å². The number of rotatable bonds is 5. The van der Waals surface area contributed by atoms with Crippen LogP contribution in [-0.4, -0.2) is 48.6 Å².